The Morgan fingerprint density at radius 1 is 1.42 bits per heavy atom. The van der Waals surface area contributed by atoms with E-state index in [4.69, 9.17) is 10.8 Å². The second-order valence-electron chi connectivity index (χ2n) is 4.53. The van der Waals surface area contributed by atoms with Crippen LogP contribution < -0.4 is 5.73 Å². The number of aliphatic carboxylic acids is 1. The summed E-state index contributed by atoms with van der Waals surface area (Å²) in [6.07, 6.45) is 3.83. The monoisotopic (exact) mass is 255 g/mol. The van der Waals surface area contributed by atoms with Crippen LogP contribution in [0.15, 0.2) is 36.7 Å². The van der Waals surface area contributed by atoms with Gasteiger partial charge in [-0.05, 0) is 11.6 Å². The van der Waals surface area contributed by atoms with E-state index in [0.717, 1.165) is 27.4 Å². The Balaban J connectivity index is 2.13. The lowest BCUT2D eigenvalue weighted by Gasteiger charge is -2.05. The van der Waals surface area contributed by atoms with Crippen LogP contribution >= 0.6 is 0 Å². The van der Waals surface area contributed by atoms with Crippen LogP contribution in [0.25, 0.3) is 21.8 Å². The van der Waals surface area contributed by atoms with Crippen LogP contribution in [0.5, 0.6) is 0 Å². The van der Waals surface area contributed by atoms with Crippen molar-refractivity contribution in [3.05, 3.63) is 42.2 Å². The van der Waals surface area contributed by atoms with Gasteiger partial charge in [0, 0.05) is 29.6 Å². The van der Waals surface area contributed by atoms with Crippen molar-refractivity contribution in [2.75, 3.05) is 0 Å². The Kier molecular flexibility index (Phi) is 2.68. The number of hydrogen-bond donors (Lipinski definition) is 3. The molecule has 4 N–H and O–H groups in total. The van der Waals surface area contributed by atoms with Crippen molar-refractivity contribution in [2.24, 2.45) is 5.73 Å². The number of nitrogens with two attached hydrogens (primary N) is 1. The number of H-pyrrole nitrogens is 1. The molecule has 0 aliphatic heterocycles. The number of rotatable bonds is 3. The smallest absolute Gasteiger partial charge is 0.320 e. The van der Waals surface area contributed by atoms with E-state index >= 15 is 0 Å². The van der Waals surface area contributed by atoms with E-state index in [1.54, 1.807) is 6.20 Å². The number of fused-ring (bicyclic) bond motifs is 3. The first kappa shape index (κ1) is 11.7. The summed E-state index contributed by atoms with van der Waals surface area (Å²) in [6, 6.07) is 6.98. The van der Waals surface area contributed by atoms with Crippen molar-refractivity contribution in [3.63, 3.8) is 0 Å². The first-order valence-corrected chi connectivity index (χ1v) is 5.99. The van der Waals surface area contributed by atoms with Crippen LogP contribution in [-0.4, -0.2) is 27.1 Å². The second kappa shape index (κ2) is 4.37. The molecule has 3 rings (SSSR count). The van der Waals surface area contributed by atoms with Crippen LogP contribution in [-0.2, 0) is 11.2 Å². The Bertz CT molecular complexity index is 764. The fraction of sp³-hybridized carbons (Fsp3) is 0.143. The molecule has 5 nitrogen and oxygen atoms in total. The van der Waals surface area contributed by atoms with Gasteiger partial charge in [0.15, 0.2) is 0 Å². The molecule has 0 aliphatic rings. The molecule has 1 atom stereocenters. The Hall–Kier alpha value is -2.40. The quantitative estimate of drug-likeness (QED) is 0.663. The highest BCUT2D eigenvalue weighted by Gasteiger charge is 2.16. The highest BCUT2D eigenvalue weighted by Crippen LogP contribution is 2.25. The maximum atomic E-state index is 10.8. The SMILES string of the molecule is NC(Cc1cnc2c1ccc1ccc[nH]c12)C(=O)O. The average Bonchev–Trinajstić information content (AvgIpc) is 2.82. The summed E-state index contributed by atoms with van der Waals surface area (Å²) >= 11 is 0. The number of carboxylic acids is 1. The zero-order valence-corrected chi connectivity index (χ0v) is 10.1. The molecule has 96 valence electrons. The van der Waals surface area contributed by atoms with Gasteiger partial charge in [-0.2, -0.15) is 0 Å². The molecule has 0 amide bonds. The van der Waals surface area contributed by atoms with Crippen LogP contribution in [0, 0.1) is 0 Å². The molecule has 3 aromatic rings. The third kappa shape index (κ3) is 1.94. The van der Waals surface area contributed by atoms with Crippen LogP contribution in [0.1, 0.15) is 5.56 Å². The molecular weight excluding hydrogens is 242 g/mol. The number of carbonyl (C=O) groups is 1. The molecule has 0 saturated heterocycles. The number of nitrogens with zero attached hydrogens (tertiary/aromatic N) is 1. The summed E-state index contributed by atoms with van der Waals surface area (Å²) in [4.78, 5) is 18.4. The highest BCUT2D eigenvalue weighted by molar-refractivity contribution is 6.04. The van der Waals surface area contributed by atoms with E-state index in [1.807, 2.05) is 30.5 Å². The van der Waals surface area contributed by atoms with Gasteiger partial charge in [0.1, 0.15) is 6.04 Å². The molecule has 0 aliphatic carbocycles. The molecule has 5 heteroatoms. The van der Waals surface area contributed by atoms with Crippen molar-refractivity contribution in [1.29, 1.82) is 0 Å². The lowest BCUT2D eigenvalue weighted by atomic mass is 10.0. The standard InChI is InChI=1S/C14H13N3O2/c15-11(14(18)19)6-9-7-17-13-10(9)4-3-8-2-1-5-16-12(8)13/h1-5,7,11,16H,6,15H2,(H,18,19). The van der Waals surface area contributed by atoms with Gasteiger partial charge in [0.05, 0.1) is 11.0 Å². The van der Waals surface area contributed by atoms with E-state index in [0.29, 0.717) is 0 Å². The van der Waals surface area contributed by atoms with E-state index < -0.39 is 12.0 Å². The maximum Gasteiger partial charge on any atom is 0.320 e. The molecule has 2 heterocycles. The van der Waals surface area contributed by atoms with E-state index in [-0.39, 0.29) is 6.42 Å². The predicted octanol–water partition coefficient (Wildman–Crippen LogP) is 1.67. The number of nitrogens with one attached hydrogen (secondary N) is 1. The normalized spacial score (nSPS) is 12.9. The Morgan fingerprint density at radius 2 is 2.26 bits per heavy atom. The maximum absolute atomic E-state index is 10.8. The summed E-state index contributed by atoms with van der Waals surface area (Å²) in [6.45, 7) is 0. The van der Waals surface area contributed by atoms with Gasteiger partial charge in [0.25, 0.3) is 0 Å². The van der Waals surface area contributed by atoms with Gasteiger partial charge >= 0.3 is 5.97 Å². The minimum absolute atomic E-state index is 0.282. The molecule has 0 spiro atoms. The average molecular weight is 255 g/mol. The topological polar surface area (TPSA) is 92.0 Å². The largest absolute Gasteiger partial charge is 0.480 e. The lowest BCUT2D eigenvalue weighted by Crippen LogP contribution is -2.32. The van der Waals surface area contributed by atoms with Gasteiger partial charge in [-0.3, -0.25) is 9.78 Å². The lowest BCUT2D eigenvalue weighted by molar-refractivity contribution is -0.138. The first-order valence-electron chi connectivity index (χ1n) is 5.99. The predicted molar refractivity (Wildman–Crippen MR) is 72.9 cm³/mol. The molecule has 19 heavy (non-hydrogen) atoms. The third-order valence-corrected chi connectivity index (χ3v) is 3.26. The molecular formula is C14H13N3O2. The summed E-state index contributed by atoms with van der Waals surface area (Å²) in [5.41, 5.74) is 8.25. The van der Waals surface area contributed by atoms with Crippen molar-refractivity contribution < 1.29 is 9.90 Å². The third-order valence-electron chi connectivity index (χ3n) is 3.26. The van der Waals surface area contributed by atoms with Crippen LogP contribution in [0.4, 0.5) is 0 Å². The number of aromatic nitrogens is 2. The van der Waals surface area contributed by atoms with Crippen molar-refractivity contribution in [1.82, 2.24) is 9.97 Å². The van der Waals surface area contributed by atoms with Crippen LogP contribution in [0.2, 0.25) is 0 Å². The Morgan fingerprint density at radius 3 is 3.05 bits per heavy atom. The molecule has 1 aromatic carbocycles. The van der Waals surface area contributed by atoms with Gasteiger partial charge in [0.2, 0.25) is 0 Å². The molecule has 0 saturated carbocycles. The molecule has 0 radical (unpaired) electrons. The summed E-state index contributed by atoms with van der Waals surface area (Å²) in [5, 5.41) is 10.9. The minimum Gasteiger partial charge on any atom is -0.480 e. The summed E-state index contributed by atoms with van der Waals surface area (Å²) in [5.74, 6) is -0.998. The van der Waals surface area contributed by atoms with E-state index in [2.05, 4.69) is 9.97 Å². The van der Waals surface area contributed by atoms with E-state index in [1.165, 1.54) is 0 Å². The molecule has 0 bridgehead atoms. The molecule has 2 aromatic heterocycles. The van der Waals surface area contributed by atoms with Gasteiger partial charge in [-0.15, -0.1) is 0 Å². The zero-order valence-electron chi connectivity index (χ0n) is 10.1. The van der Waals surface area contributed by atoms with Gasteiger partial charge in [-0.25, -0.2) is 0 Å². The minimum atomic E-state index is -0.998. The fourth-order valence-corrected chi connectivity index (χ4v) is 2.27. The van der Waals surface area contributed by atoms with Crippen molar-refractivity contribution >= 4 is 27.8 Å². The fourth-order valence-electron chi connectivity index (χ4n) is 2.27. The van der Waals surface area contributed by atoms with Crippen molar-refractivity contribution in [3.8, 4) is 0 Å². The number of pyridine rings is 1. The van der Waals surface area contributed by atoms with Gasteiger partial charge < -0.3 is 15.8 Å². The first-order chi connectivity index (χ1) is 9.16. The number of benzene rings is 1. The Labute approximate surface area is 109 Å². The summed E-state index contributed by atoms with van der Waals surface area (Å²) < 4.78 is 0. The molecule has 1 unspecified atom stereocenters. The number of carboxylic acid groups (broad SMARTS) is 1. The number of aromatic amines is 1. The second-order valence-corrected chi connectivity index (χ2v) is 4.53. The van der Waals surface area contributed by atoms with Crippen molar-refractivity contribution in [2.45, 2.75) is 12.5 Å². The molecule has 0 fully saturated rings. The van der Waals surface area contributed by atoms with E-state index in [9.17, 15) is 4.79 Å². The zero-order chi connectivity index (χ0) is 13.4. The van der Waals surface area contributed by atoms with Crippen LogP contribution in [0.3, 0.4) is 0 Å². The highest BCUT2D eigenvalue weighted by atomic mass is 16.4. The number of hydrogen-bond acceptors (Lipinski definition) is 3. The van der Waals surface area contributed by atoms with Gasteiger partial charge in [-0.1, -0.05) is 18.2 Å². The summed E-state index contributed by atoms with van der Waals surface area (Å²) in [7, 11) is 0.